The Labute approximate surface area is 126 Å². The maximum absolute atomic E-state index is 6.05. The van der Waals surface area contributed by atoms with Crippen molar-refractivity contribution < 1.29 is 4.74 Å². The molecule has 2 aromatic rings. The molecule has 0 radical (unpaired) electrons. The molecule has 0 unspecified atom stereocenters. The molecule has 0 atom stereocenters. The van der Waals surface area contributed by atoms with Crippen molar-refractivity contribution in [3.63, 3.8) is 0 Å². The number of rotatable bonds is 4. The van der Waals surface area contributed by atoms with Crippen LogP contribution in [0.3, 0.4) is 0 Å². The highest BCUT2D eigenvalue weighted by molar-refractivity contribution is 9.10. The number of nitrogens with zero attached hydrogens (tertiary/aromatic N) is 2. The molecule has 5 heteroatoms. The molecule has 0 aliphatic carbocycles. The average molecular weight is 342 g/mol. The van der Waals surface area contributed by atoms with Crippen LogP contribution in [0.15, 0.2) is 28.9 Å². The molecule has 0 aliphatic heterocycles. The van der Waals surface area contributed by atoms with Crippen LogP contribution in [0, 0.1) is 0 Å². The second-order valence-electron chi connectivity index (χ2n) is 4.09. The van der Waals surface area contributed by atoms with Gasteiger partial charge in [-0.15, -0.1) is 0 Å². The van der Waals surface area contributed by atoms with E-state index in [0.29, 0.717) is 5.02 Å². The number of halogens is 2. The molecule has 0 saturated carbocycles. The fourth-order valence-corrected chi connectivity index (χ4v) is 2.41. The van der Waals surface area contributed by atoms with Crippen LogP contribution in [0.25, 0.3) is 11.3 Å². The van der Waals surface area contributed by atoms with Crippen LogP contribution in [-0.4, -0.2) is 17.1 Å². The standard InChI is InChI=1S/C14H14BrClN2O/c1-3-4-14-17-11(8-13(15)18-14)10-7-9(16)5-6-12(10)19-2/h5-8H,3-4H2,1-2H3. The van der Waals surface area contributed by atoms with Crippen LogP contribution < -0.4 is 4.74 Å². The summed E-state index contributed by atoms with van der Waals surface area (Å²) in [7, 11) is 1.63. The molecule has 0 N–H and O–H groups in total. The zero-order chi connectivity index (χ0) is 13.8. The Bertz CT molecular complexity index is 590. The monoisotopic (exact) mass is 340 g/mol. The van der Waals surface area contributed by atoms with Crippen molar-refractivity contribution >= 4 is 27.5 Å². The van der Waals surface area contributed by atoms with Crippen LogP contribution in [0.5, 0.6) is 5.75 Å². The fourth-order valence-electron chi connectivity index (χ4n) is 1.82. The molecular formula is C14H14BrClN2O. The lowest BCUT2D eigenvalue weighted by Gasteiger charge is -2.10. The summed E-state index contributed by atoms with van der Waals surface area (Å²) in [6.45, 7) is 2.10. The van der Waals surface area contributed by atoms with Gasteiger partial charge in [0.2, 0.25) is 0 Å². The highest BCUT2D eigenvalue weighted by Crippen LogP contribution is 2.32. The van der Waals surface area contributed by atoms with E-state index in [1.54, 1.807) is 13.2 Å². The predicted molar refractivity (Wildman–Crippen MR) is 80.7 cm³/mol. The molecule has 1 aromatic heterocycles. The van der Waals surface area contributed by atoms with Gasteiger partial charge in [-0.3, -0.25) is 0 Å². The molecule has 0 fully saturated rings. The molecule has 0 bridgehead atoms. The molecule has 100 valence electrons. The highest BCUT2D eigenvalue weighted by atomic mass is 79.9. The third-order valence-corrected chi connectivity index (χ3v) is 3.29. The van der Waals surface area contributed by atoms with Crippen molar-refractivity contribution in [2.75, 3.05) is 7.11 Å². The lowest BCUT2D eigenvalue weighted by atomic mass is 10.1. The largest absolute Gasteiger partial charge is 0.496 e. The van der Waals surface area contributed by atoms with Crippen LogP contribution in [0.2, 0.25) is 5.02 Å². The first-order valence-electron chi connectivity index (χ1n) is 6.01. The Kier molecular flexibility index (Phi) is 4.77. The molecule has 3 nitrogen and oxygen atoms in total. The number of aryl methyl sites for hydroxylation is 1. The zero-order valence-corrected chi connectivity index (χ0v) is 13.1. The number of hydrogen-bond donors (Lipinski definition) is 0. The number of hydrogen-bond acceptors (Lipinski definition) is 3. The number of methoxy groups -OCH3 is 1. The van der Waals surface area contributed by atoms with Crippen molar-refractivity contribution in [3.05, 3.63) is 39.7 Å². The van der Waals surface area contributed by atoms with Crippen molar-refractivity contribution in [2.45, 2.75) is 19.8 Å². The van der Waals surface area contributed by atoms with Gasteiger partial charge >= 0.3 is 0 Å². The van der Waals surface area contributed by atoms with E-state index in [0.717, 1.165) is 40.3 Å². The zero-order valence-electron chi connectivity index (χ0n) is 10.8. The summed E-state index contributed by atoms with van der Waals surface area (Å²) in [6.07, 6.45) is 1.85. The van der Waals surface area contributed by atoms with E-state index < -0.39 is 0 Å². The molecule has 19 heavy (non-hydrogen) atoms. The minimum atomic E-state index is 0.655. The van der Waals surface area contributed by atoms with Crippen LogP contribution in [0.4, 0.5) is 0 Å². The van der Waals surface area contributed by atoms with Gasteiger partial charge in [-0.05, 0) is 46.6 Å². The number of benzene rings is 1. The van der Waals surface area contributed by atoms with Gasteiger partial charge in [0.1, 0.15) is 16.2 Å². The second-order valence-corrected chi connectivity index (χ2v) is 5.34. The van der Waals surface area contributed by atoms with Gasteiger partial charge in [0.05, 0.1) is 12.8 Å². The van der Waals surface area contributed by atoms with Crippen molar-refractivity contribution in [2.24, 2.45) is 0 Å². The van der Waals surface area contributed by atoms with E-state index in [-0.39, 0.29) is 0 Å². The van der Waals surface area contributed by atoms with Gasteiger partial charge in [0.15, 0.2) is 0 Å². The van der Waals surface area contributed by atoms with Crippen molar-refractivity contribution in [1.82, 2.24) is 9.97 Å². The topological polar surface area (TPSA) is 35.0 Å². The SMILES string of the molecule is CCCc1nc(Br)cc(-c2cc(Cl)ccc2OC)n1. The number of ether oxygens (including phenoxy) is 1. The molecule has 2 rings (SSSR count). The van der Waals surface area contributed by atoms with Gasteiger partial charge in [0, 0.05) is 17.0 Å². The Morgan fingerprint density at radius 2 is 2.05 bits per heavy atom. The van der Waals surface area contributed by atoms with Gasteiger partial charge < -0.3 is 4.74 Å². The molecule has 0 aliphatic rings. The molecule has 0 spiro atoms. The van der Waals surface area contributed by atoms with Gasteiger partial charge in [-0.1, -0.05) is 18.5 Å². The summed E-state index contributed by atoms with van der Waals surface area (Å²) < 4.78 is 6.13. The van der Waals surface area contributed by atoms with E-state index in [9.17, 15) is 0 Å². The van der Waals surface area contributed by atoms with E-state index in [1.165, 1.54) is 0 Å². The molecule has 1 aromatic carbocycles. The summed E-state index contributed by atoms with van der Waals surface area (Å²) in [5.41, 5.74) is 1.68. The minimum Gasteiger partial charge on any atom is -0.496 e. The summed E-state index contributed by atoms with van der Waals surface area (Å²) in [4.78, 5) is 8.92. The highest BCUT2D eigenvalue weighted by Gasteiger charge is 2.11. The Balaban J connectivity index is 2.54. The van der Waals surface area contributed by atoms with E-state index >= 15 is 0 Å². The van der Waals surface area contributed by atoms with Gasteiger partial charge in [-0.25, -0.2) is 9.97 Å². The summed E-state index contributed by atoms with van der Waals surface area (Å²) >= 11 is 9.47. The molecule has 0 amide bonds. The summed E-state index contributed by atoms with van der Waals surface area (Å²) in [6, 6.07) is 7.36. The summed E-state index contributed by atoms with van der Waals surface area (Å²) in [5.74, 6) is 1.56. The third-order valence-electron chi connectivity index (χ3n) is 2.65. The first kappa shape index (κ1) is 14.3. The first-order chi connectivity index (χ1) is 9.13. The quantitative estimate of drug-likeness (QED) is 0.767. The van der Waals surface area contributed by atoms with Crippen molar-refractivity contribution in [3.8, 4) is 17.0 Å². The average Bonchev–Trinajstić information content (AvgIpc) is 2.38. The van der Waals surface area contributed by atoms with Crippen LogP contribution in [-0.2, 0) is 6.42 Å². The lowest BCUT2D eigenvalue weighted by Crippen LogP contribution is -1.98. The van der Waals surface area contributed by atoms with E-state index in [4.69, 9.17) is 16.3 Å². The van der Waals surface area contributed by atoms with E-state index in [2.05, 4.69) is 32.8 Å². The first-order valence-corrected chi connectivity index (χ1v) is 7.18. The van der Waals surface area contributed by atoms with Crippen molar-refractivity contribution in [1.29, 1.82) is 0 Å². The Morgan fingerprint density at radius 1 is 1.26 bits per heavy atom. The maximum atomic E-state index is 6.05. The van der Waals surface area contributed by atoms with E-state index in [1.807, 2.05) is 18.2 Å². The molecule has 0 saturated heterocycles. The molecular weight excluding hydrogens is 328 g/mol. The van der Waals surface area contributed by atoms with Crippen LogP contribution >= 0.6 is 27.5 Å². The van der Waals surface area contributed by atoms with Gasteiger partial charge in [-0.2, -0.15) is 0 Å². The normalized spacial score (nSPS) is 10.5. The van der Waals surface area contributed by atoms with Gasteiger partial charge in [0.25, 0.3) is 0 Å². The smallest absolute Gasteiger partial charge is 0.130 e. The molecule has 1 heterocycles. The fraction of sp³-hybridized carbons (Fsp3) is 0.286. The minimum absolute atomic E-state index is 0.655. The lowest BCUT2D eigenvalue weighted by molar-refractivity contribution is 0.416. The predicted octanol–water partition coefficient (Wildman–Crippen LogP) is 4.52. The third kappa shape index (κ3) is 3.45. The van der Waals surface area contributed by atoms with Crippen LogP contribution in [0.1, 0.15) is 19.2 Å². The Morgan fingerprint density at radius 3 is 2.74 bits per heavy atom. The second kappa shape index (κ2) is 6.35. The number of aromatic nitrogens is 2. The maximum Gasteiger partial charge on any atom is 0.130 e. The Hall–Kier alpha value is -1.13. The summed E-state index contributed by atoms with van der Waals surface area (Å²) in [5, 5.41) is 0.655.